The van der Waals surface area contributed by atoms with E-state index in [0.29, 0.717) is 17.3 Å². The number of anilines is 1. The second kappa shape index (κ2) is 6.09. The maximum absolute atomic E-state index is 12.9. The molecule has 1 N–H and O–H groups in total. The fraction of sp³-hybridized carbons (Fsp3) is 0.538. The molecule has 2 unspecified atom stereocenters. The molecule has 0 aliphatic carbocycles. The van der Waals surface area contributed by atoms with Crippen LogP contribution in [0.2, 0.25) is 5.02 Å². The van der Waals surface area contributed by atoms with Crippen LogP contribution in [0.25, 0.3) is 0 Å². The van der Waals surface area contributed by atoms with Gasteiger partial charge in [0.25, 0.3) is 0 Å². The van der Waals surface area contributed by atoms with E-state index >= 15 is 0 Å². The predicted molar refractivity (Wildman–Crippen MR) is 73.1 cm³/mol. The van der Waals surface area contributed by atoms with Crippen LogP contribution in [0.3, 0.4) is 0 Å². The van der Waals surface area contributed by atoms with Crippen molar-refractivity contribution in [2.75, 3.05) is 11.9 Å². The van der Waals surface area contributed by atoms with Gasteiger partial charge in [-0.3, -0.25) is 4.79 Å². The van der Waals surface area contributed by atoms with Crippen molar-refractivity contribution in [2.45, 2.75) is 38.0 Å². The number of rotatable bonds is 2. The molecule has 4 nitrogen and oxygen atoms in total. The number of hydrogen-bond acceptors (Lipinski definition) is 3. The second-order valence-electron chi connectivity index (χ2n) is 5.01. The molecule has 1 aromatic heterocycles. The van der Waals surface area contributed by atoms with Crippen LogP contribution in [0, 0.1) is 0 Å². The Morgan fingerprint density at radius 2 is 2.14 bits per heavy atom. The Morgan fingerprint density at radius 1 is 1.43 bits per heavy atom. The quantitative estimate of drug-likeness (QED) is 0.910. The van der Waals surface area contributed by atoms with Crippen molar-refractivity contribution in [1.29, 1.82) is 0 Å². The van der Waals surface area contributed by atoms with Crippen LogP contribution in [-0.2, 0) is 4.79 Å². The number of aromatic nitrogens is 1. The molecule has 0 spiro atoms. The lowest BCUT2D eigenvalue weighted by atomic mass is 9.97. The van der Waals surface area contributed by atoms with E-state index in [-0.39, 0.29) is 19.0 Å². The summed E-state index contributed by atoms with van der Waals surface area (Å²) in [6.45, 7) is 1.16. The number of pyridine rings is 1. The average Bonchev–Trinajstić information content (AvgIpc) is 2.40. The van der Waals surface area contributed by atoms with E-state index in [1.165, 1.54) is 6.20 Å². The van der Waals surface area contributed by atoms with Crippen molar-refractivity contribution in [1.82, 2.24) is 9.88 Å². The molecule has 0 saturated carbocycles. The molecule has 2 heterocycles. The van der Waals surface area contributed by atoms with E-state index in [0.717, 1.165) is 11.8 Å². The summed E-state index contributed by atoms with van der Waals surface area (Å²) in [6, 6.07) is 1.32. The van der Waals surface area contributed by atoms with Gasteiger partial charge in [-0.25, -0.2) is 4.98 Å². The molecular weight excluding hydrogens is 307 g/mol. The molecule has 1 aliphatic heterocycles. The number of nitrogens with one attached hydrogen (secondary N) is 1. The van der Waals surface area contributed by atoms with Gasteiger partial charge in [-0.2, -0.15) is 13.2 Å². The van der Waals surface area contributed by atoms with Gasteiger partial charge in [0.15, 0.2) is 0 Å². The zero-order chi connectivity index (χ0) is 15.6. The molecule has 8 heteroatoms. The molecule has 21 heavy (non-hydrogen) atoms. The molecule has 0 radical (unpaired) electrons. The third-order valence-corrected chi connectivity index (χ3v) is 3.67. The van der Waals surface area contributed by atoms with Gasteiger partial charge >= 0.3 is 6.18 Å². The Hall–Kier alpha value is -1.50. The molecule has 0 bridgehead atoms. The van der Waals surface area contributed by atoms with Gasteiger partial charge in [-0.15, -0.1) is 0 Å². The molecule has 1 aromatic rings. The number of piperidine rings is 1. The Balaban J connectivity index is 2.05. The van der Waals surface area contributed by atoms with E-state index in [1.807, 2.05) is 0 Å². The Bertz CT molecular complexity index is 506. The standard InChI is InChI=1S/C13H15ClF3N3O/c1-8(21)20-7-10(3-4-11(20)13(15,16)17)19-12-5-2-9(14)6-18-12/h2,5-6,10-11H,3-4,7H2,1H3,(H,18,19). The summed E-state index contributed by atoms with van der Waals surface area (Å²) in [5.74, 6) is -0.0498. The summed E-state index contributed by atoms with van der Waals surface area (Å²) in [6.07, 6.45) is -2.74. The number of carbonyl (C=O) groups is 1. The fourth-order valence-corrected chi connectivity index (χ4v) is 2.56. The van der Waals surface area contributed by atoms with Gasteiger partial charge in [-0.1, -0.05) is 11.6 Å². The lowest BCUT2D eigenvalue weighted by molar-refractivity contribution is -0.195. The van der Waals surface area contributed by atoms with Gasteiger partial charge in [0.2, 0.25) is 5.91 Å². The summed E-state index contributed by atoms with van der Waals surface area (Å²) in [7, 11) is 0. The van der Waals surface area contributed by atoms with Crippen molar-refractivity contribution < 1.29 is 18.0 Å². The minimum Gasteiger partial charge on any atom is -0.366 e. The molecule has 1 saturated heterocycles. The summed E-state index contributed by atoms with van der Waals surface area (Å²) in [5, 5.41) is 3.51. The largest absolute Gasteiger partial charge is 0.408 e. The lowest BCUT2D eigenvalue weighted by Gasteiger charge is -2.40. The van der Waals surface area contributed by atoms with Crippen molar-refractivity contribution >= 4 is 23.3 Å². The van der Waals surface area contributed by atoms with E-state index in [1.54, 1.807) is 12.1 Å². The van der Waals surface area contributed by atoms with Gasteiger partial charge < -0.3 is 10.2 Å². The van der Waals surface area contributed by atoms with Crippen LogP contribution < -0.4 is 5.32 Å². The first-order valence-electron chi connectivity index (χ1n) is 6.49. The molecule has 2 rings (SSSR count). The highest BCUT2D eigenvalue weighted by molar-refractivity contribution is 6.30. The zero-order valence-corrected chi connectivity index (χ0v) is 12.1. The normalized spacial score (nSPS) is 23.0. The first-order chi connectivity index (χ1) is 9.77. The summed E-state index contributed by atoms with van der Waals surface area (Å²) in [5.41, 5.74) is 0. The Morgan fingerprint density at radius 3 is 2.67 bits per heavy atom. The molecule has 1 amide bonds. The molecule has 1 aliphatic rings. The Kier molecular flexibility index (Phi) is 4.61. The van der Waals surface area contributed by atoms with Crippen LogP contribution in [0.1, 0.15) is 19.8 Å². The zero-order valence-electron chi connectivity index (χ0n) is 11.3. The number of alkyl halides is 3. The number of hydrogen-bond donors (Lipinski definition) is 1. The number of nitrogens with zero attached hydrogens (tertiary/aromatic N) is 2. The maximum atomic E-state index is 12.9. The fourth-order valence-electron chi connectivity index (χ4n) is 2.45. The number of halogens is 4. The average molecular weight is 322 g/mol. The van der Waals surface area contributed by atoms with Gasteiger partial charge in [0, 0.05) is 25.7 Å². The van der Waals surface area contributed by atoms with Crippen LogP contribution in [0.5, 0.6) is 0 Å². The van der Waals surface area contributed by atoms with Crippen molar-refractivity contribution in [3.8, 4) is 0 Å². The van der Waals surface area contributed by atoms with E-state index < -0.39 is 18.1 Å². The SMILES string of the molecule is CC(=O)N1CC(Nc2ccc(Cl)cn2)CCC1C(F)(F)F. The highest BCUT2D eigenvalue weighted by Gasteiger charge is 2.47. The van der Waals surface area contributed by atoms with Crippen molar-refractivity contribution in [3.05, 3.63) is 23.4 Å². The van der Waals surface area contributed by atoms with E-state index in [9.17, 15) is 18.0 Å². The maximum Gasteiger partial charge on any atom is 0.408 e. The van der Waals surface area contributed by atoms with Crippen LogP contribution in [0.15, 0.2) is 18.3 Å². The van der Waals surface area contributed by atoms with Crippen molar-refractivity contribution in [2.24, 2.45) is 0 Å². The van der Waals surface area contributed by atoms with Gasteiger partial charge in [0.05, 0.1) is 5.02 Å². The van der Waals surface area contributed by atoms with E-state index in [4.69, 9.17) is 11.6 Å². The number of carbonyl (C=O) groups excluding carboxylic acids is 1. The number of amides is 1. The minimum absolute atomic E-state index is 0.00379. The smallest absolute Gasteiger partial charge is 0.366 e. The summed E-state index contributed by atoms with van der Waals surface area (Å²) >= 11 is 5.72. The van der Waals surface area contributed by atoms with Crippen molar-refractivity contribution in [3.63, 3.8) is 0 Å². The topological polar surface area (TPSA) is 45.2 Å². The molecule has 2 atom stereocenters. The molecular formula is C13H15ClF3N3O. The monoisotopic (exact) mass is 321 g/mol. The first kappa shape index (κ1) is 15.9. The van der Waals surface area contributed by atoms with Crippen LogP contribution in [-0.4, -0.2) is 40.6 Å². The molecule has 1 fully saturated rings. The minimum atomic E-state index is -4.39. The molecule has 116 valence electrons. The number of likely N-dealkylation sites (tertiary alicyclic amines) is 1. The Labute approximate surface area is 125 Å². The lowest BCUT2D eigenvalue weighted by Crippen LogP contribution is -2.55. The summed E-state index contributed by atoms with van der Waals surface area (Å²) in [4.78, 5) is 16.4. The van der Waals surface area contributed by atoms with E-state index in [2.05, 4.69) is 10.3 Å². The molecule has 0 aromatic carbocycles. The van der Waals surface area contributed by atoms with Crippen LogP contribution in [0.4, 0.5) is 19.0 Å². The van der Waals surface area contributed by atoms with Gasteiger partial charge in [-0.05, 0) is 25.0 Å². The third-order valence-electron chi connectivity index (χ3n) is 3.44. The third kappa shape index (κ3) is 4.00. The highest BCUT2D eigenvalue weighted by Crippen LogP contribution is 2.32. The van der Waals surface area contributed by atoms with Crippen LogP contribution >= 0.6 is 11.6 Å². The highest BCUT2D eigenvalue weighted by atomic mass is 35.5. The predicted octanol–water partition coefficient (Wildman–Crippen LogP) is 3.09. The second-order valence-corrected chi connectivity index (χ2v) is 5.45. The first-order valence-corrected chi connectivity index (χ1v) is 6.87. The summed E-state index contributed by atoms with van der Waals surface area (Å²) < 4.78 is 38.7. The van der Waals surface area contributed by atoms with Gasteiger partial charge in [0.1, 0.15) is 11.9 Å².